The Labute approximate surface area is 221 Å². The molecule has 0 saturated heterocycles. The fraction of sp³-hybridized carbons (Fsp3) is 1.00. The molecule has 0 amide bonds. The van der Waals surface area contributed by atoms with Crippen LogP contribution in [0.4, 0.5) is 70.2 Å². The molecule has 0 heterocycles. The van der Waals surface area contributed by atoms with Crippen molar-refractivity contribution in [2.24, 2.45) is 0 Å². The zero-order chi connectivity index (χ0) is 35.0. The van der Waals surface area contributed by atoms with Crippen LogP contribution >= 0.6 is 0 Å². The van der Waals surface area contributed by atoms with Gasteiger partial charge in [0.2, 0.25) is 0 Å². The second-order valence-electron chi connectivity index (χ2n) is 6.26. The Morgan fingerprint density at radius 2 is 0.548 bits per heavy atom. The molecule has 0 aromatic carbocycles. The van der Waals surface area contributed by atoms with Gasteiger partial charge in [-0.15, -0.1) is 0 Å². The van der Waals surface area contributed by atoms with E-state index in [1.807, 2.05) is 0 Å². The van der Waals surface area contributed by atoms with Crippen molar-refractivity contribution in [1.29, 1.82) is 0 Å². The van der Waals surface area contributed by atoms with Crippen LogP contribution in [0.15, 0.2) is 0 Å². The third kappa shape index (κ3) is 10.3. The first kappa shape index (κ1) is 42.7. The third-order valence-corrected chi connectivity index (χ3v) is 7.85. The fourth-order valence-corrected chi connectivity index (χ4v) is 3.97. The van der Waals surface area contributed by atoms with Gasteiger partial charge in [0.25, 0.3) is 0 Å². The molecule has 0 saturated carbocycles. The first-order valence-electron chi connectivity index (χ1n) is 8.44. The molecule has 0 aliphatic heterocycles. The quantitative estimate of drug-likeness (QED) is 0.138. The molecular weight excluding hydrogens is 744 g/mol. The van der Waals surface area contributed by atoms with Crippen molar-refractivity contribution in [3.63, 3.8) is 0 Å². The van der Waals surface area contributed by atoms with Gasteiger partial charge >= 0.3 is 74.4 Å². The molecule has 0 aromatic rings. The van der Waals surface area contributed by atoms with E-state index in [4.69, 9.17) is 0 Å². The van der Waals surface area contributed by atoms with Crippen LogP contribution in [0.1, 0.15) is 13.8 Å². The van der Waals surface area contributed by atoms with Crippen LogP contribution in [0.3, 0.4) is 0 Å². The summed E-state index contributed by atoms with van der Waals surface area (Å²) >= 11 is 0. The van der Waals surface area contributed by atoms with E-state index in [1.165, 1.54) is 0 Å². The summed E-state index contributed by atoms with van der Waals surface area (Å²) in [6.45, 7) is 0.0978. The SMILES string of the molecule is CC(OS(=O)(=O)C(F)(F)C(F)(F)F)OS(=O)(=O)C(F)(F)C(F)(F)F.CC(OS(=O)(=O)C(F)(F)F)OS(=O)(=O)C(F)(F)F. The topological polar surface area (TPSA) is 173 Å². The Hall–Kier alpha value is -1.48. The highest BCUT2D eigenvalue weighted by Crippen LogP contribution is 2.43. The van der Waals surface area contributed by atoms with E-state index in [2.05, 4.69) is 16.7 Å². The van der Waals surface area contributed by atoms with E-state index in [0.717, 1.165) is 0 Å². The molecule has 0 atom stereocenters. The zero-order valence-electron chi connectivity index (χ0n) is 18.7. The van der Waals surface area contributed by atoms with Gasteiger partial charge in [-0.3, -0.25) is 0 Å². The van der Waals surface area contributed by atoms with Crippen molar-refractivity contribution in [3.8, 4) is 0 Å². The molecule has 0 bridgehead atoms. The van der Waals surface area contributed by atoms with Crippen molar-refractivity contribution in [2.45, 2.75) is 60.3 Å². The molecule has 0 spiro atoms. The van der Waals surface area contributed by atoms with Gasteiger partial charge in [-0.25, -0.2) is 16.7 Å². The van der Waals surface area contributed by atoms with Crippen LogP contribution in [0.25, 0.3) is 0 Å². The van der Waals surface area contributed by atoms with Gasteiger partial charge in [0.05, 0.1) is 0 Å². The van der Waals surface area contributed by atoms with Gasteiger partial charge in [0.1, 0.15) is 0 Å². The third-order valence-electron chi connectivity index (χ3n) is 2.90. The molecule has 0 fully saturated rings. The number of halogens is 16. The lowest BCUT2D eigenvalue weighted by Gasteiger charge is -2.23. The van der Waals surface area contributed by atoms with E-state index in [0.29, 0.717) is 0 Å². The first-order chi connectivity index (χ1) is 17.7. The minimum Gasteiger partial charge on any atom is -0.232 e. The molecule has 0 aromatic heterocycles. The summed E-state index contributed by atoms with van der Waals surface area (Å²) in [5.41, 5.74) is -11.8. The van der Waals surface area contributed by atoms with Crippen LogP contribution in [0.2, 0.25) is 0 Å². The summed E-state index contributed by atoms with van der Waals surface area (Å²) in [5, 5.41) is -13.3. The van der Waals surface area contributed by atoms with Gasteiger partial charge in [-0.1, -0.05) is 0 Å². The Kier molecular flexibility index (Phi) is 12.7. The van der Waals surface area contributed by atoms with Crippen LogP contribution < -0.4 is 0 Å². The van der Waals surface area contributed by atoms with E-state index in [9.17, 15) is 104 Å². The lowest BCUT2D eigenvalue weighted by Crippen LogP contribution is -2.48. The summed E-state index contributed by atoms with van der Waals surface area (Å²) in [6, 6.07) is 0. The zero-order valence-corrected chi connectivity index (χ0v) is 22.0. The maximum Gasteiger partial charge on any atom is 0.523 e. The molecule has 0 rings (SSSR count). The van der Waals surface area contributed by atoms with E-state index in [1.54, 1.807) is 0 Å². The number of hydrogen-bond donors (Lipinski definition) is 0. The summed E-state index contributed by atoms with van der Waals surface area (Å²) in [4.78, 5) is 0. The van der Waals surface area contributed by atoms with E-state index in [-0.39, 0.29) is 13.8 Å². The number of alkyl halides is 16. The Balaban J connectivity index is 0. The van der Waals surface area contributed by atoms with Crippen LogP contribution in [0, 0.1) is 0 Å². The highest BCUT2D eigenvalue weighted by molar-refractivity contribution is 7.89. The van der Waals surface area contributed by atoms with Crippen LogP contribution in [-0.2, 0) is 57.2 Å². The Morgan fingerprint density at radius 3 is 0.690 bits per heavy atom. The van der Waals surface area contributed by atoms with Gasteiger partial charge in [0.15, 0.2) is 12.6 Å². The second-order valence-corrected chi connectivity index (χ2v) is 12.6. The van der Waals surface area contributed by atoms with Crippen molar-refractivity contribution in [1.82, 2.24) is 0 Å². The highest BCUT2D eigenvalue weighted by Gasteiger charge is 2.70. The monoisotopic (exact) mass is 752 g/mol. The molecule has 12 nitrogen and oxygen atoms in total. The maximum absolute atomic E-state index is 12.6. The molecule has 0 unspecified atom stereocenters. The maximum atomic E-state index is 12.6. The molecule has 42 heavy (non-hydrogen) atoms. The lowest BCUT2D eigenvalue weighted by molar-refractivity contribution is -0.247. The predicted molar refractivity (Wildman–Crippen MR) is 93.1 cm³/mol. The molecule has 0 radical (unpaired) electrons. The van der Waals surface area contributed by atoms with E-state index < -0.39 is 86.9 Å². The molecular formula is C10H8F16O12S4. The van der Waals surface area contributed by atoms with E-state index >= 15 is 0 Å². The van der Waals surface area contributed by atoms with Gasteiger partial charge in [-0.2, -0.15) is 104 Å². The van der Waals surface area contributed by atoms with Crippen molar-refractivity contribution in [3.05, 3.63) is 0 Å². The fourth-order valence-electron chi connectivity index (χ4n) is 1.26. The summed E-state index contributed by atoms with van der Waals surface area (Å²) in [5.74, 6) is 0. The average Bonchev–Trinajstić information content (AvgIpc) is 2.62. The molecule has 0 aliphatic carbocycles. The Morgan fingerprint density at radius 1 is 0.381 bits per heavy atom. The van der Waals surface area contributed by atoms with Crippen molar-refractivity contribution < 1.29 is 121 Å². The number of hydrogen-bond acceptors (Lipinski definition) is 12. The lowest BCUT2D eigenvalue weighted by atomic mass is 10.7. The average molecular weight is 752 g/mol. The minimum absolute atomic E-state index is 0.131. The Bertz CT molecular complexity index is 1250. The van der Waals surface area contributed by atoms with Gasteiger partial charge in [-0.05, 0) is 13.8 Å². The van der Waals surface area contributed by atoms with Gasteiger partial charge in [0, 0.05) is 0 Å². The van der Waals surface area contributed by atoms with Crippen molar-refractivity contribution >= 4 is 40.5 Å². The molecule has 32 heteroatoms. The molecule has 256 valence electrons. The number of rotatable bonds is 10. The van der Waals surface area contributed by atoms with Crippen LogP contribution in [-0.4, -0.2) is 80.1 Å². The normalized spacial score (nSPS) is 15.5. The highest BCUT2D eigenvalue weighted by atomic mass is 32.2. The largest absolute Gasteiger partial charge is 0.523 e. The van der Waals surface area contributed by atoms with Crippen molar-refractivity contribution in [2.75, 3.05) is 0 Å². The smallest absolute Gasteiger partial charge is 0.232 e. The first-order valence-corrected chi connectivity index (χ1v) is 14.1. The molecule has 0 N–H and O–H groups in total. The van der Waals surface area contributed by atoms with Crippen LogP contribution in [0.5, 0.6) is 0 Å². The second kappa shape index (κ2) is 12.5. The standard InChI is InChI=1S/C6H4F10O6S2.C4H4F6O6S2/c1-2(21-23(17,18)5(13,14)3(7,8)9)22-24(19,20)6(15,16)4(10,11)12;1-2(15-17(11,12)3(5,6)7)16-18(13,14)4(8,9)10/h2H,1H3;2H,1H3. The molecule has 0 aliphatic rings. The summed E-state index contributed by atoms with van der Waals surface area (Å²) in [7, 11) is -26.6. The van der Waals surface area contributed by atoms with Gasteiger partial charge < -0.3 is 0 Å². The summed E-state index contributed by atoms with van der Waals surface area (Å²) in [6.07, 6.45) is -19.8. The predicted octanol–water partition coefficient (Wildman–Crippen LogP) is 3.40. The minimum atomic E-state index is -7.04. The summed E-state index contributed by atoms with van der Waals surface area (Å²) < 4.78 is 287.